The molecule has 1 aromatic carbocycles. The van der Waals surface area contributed by atoms with Crippen LogP contribution in [0.2, 0.25) is 0 Å². The lowest BCUT2D eigenvalue weighted by atomic mass is 10.2. The van der Waals surface area contributed by atoms with Gasteiger partial charge in [-0.25, -0.2) is 4.79 Å². The number of benzene rings is 1. The highest BCUT2D eigenvalue weighted by Gasteiger charge is 2.51. The van der Waals surface area contributed by atoms with Gasteiger partial charge in [-0.2, -0.15) is 0 Å². The maximum atomic E-state index is 12.0. The van der Waals surface area contributed by atoms with Crippen molar-refractivity contribution in [2.45, 2.75) is 18.4 Å². The highest BCUT2D eigenvalue weighted by molar-refractivity contribution is 9.11. The summed E-state index contributed by atoms with van der Waals surface area (Å²) in [5.74, 6) is -1.35. The third-order valence-electron chi connectivity index (χ3n) is 2.69. The van der Waals surface area contributed by atoms with E-state index in [2.05, 4.69) is 37.2 Å². The first-order valence-corrected chi connectivity index (χ1v) is 6.54. The molecule has 0 atom stereocenters. The van der Waals surface area contributed by atoms with Gasteiger partial charge in [0.25, 0.3) is 5.91 Å². The molecule has 0 aromatic heterocycles. The summed E-state index contributed by atoms with van der Waals surface area (Å²) in [6.07, 6.45) is 0.972. The standard InChI is InChI=1S/C11H9Br2NO3/c12-6-1-2-8(13)7(5-6)9(15)14-11(3-4-11)10(16)17/h1-2,5H,3-4H2,(H,14,15)(H,16,17). The Hall–Kier alpha value is -0.880. The average molecular weight is 363 g/mol. The molecule has 0 unspecified atom stereocenters. The van der Waals surface area contributed by atoms with Crippen molar-refractivity contribution in [3.8, 4) is 0 Å². The second-order valence-corrected chi connectivity index (χ2v) is 5.74. The fourth-order valence-corrected chi connectivity index (χ4v) is 2.26. The van der Waals surface area contributed by atoms with Crippen LogP contribution in [0.15, 0.2) is 27.1 Å². The van der Waals surface area contributed by atoms with Crippen molar-refractivity contribution in [1.82, 2.24) is 5.32 Å². The maximum absolute atomic E-state index is 12.0. The van der Waals surface area contributed by atoms with Crippen molar-refractivity contribution in [1.29, 1.82) is 0 Å². The monoisotopic (exact) mass is 361 g/mol. The quantitative estimate of drug-likeness (QED) is 0.868. The fourth-order valence-electron chi connectivity index (χ4n) is 1.47. The number of nitrogens with one attached hydrogen (secondary N) is 1. The van der Waals surface area contributed by atoms with Gasteiger partial charge >= 0.3 is 5.97 Å². The summed E-state index contributed by atoms with van der Waals surface area (Å²) in [4.78, 5) is 22.9. The number of carbonyl (C=O) groups excluding carboxylic acids is 1. The molecule has 4 nitrogen and oxygen atoms in total. The van der Waals surface area contributed by atoms with Gasteiger partial charge in [0.15, 0.2) is 0 Å². The van der Waals surface area contributed by atoms with E-state index in [0.29, 0.717) is 22.9 Å². The molecule has 0 spiro atoms. The van der Waals surface area contributed by atoms with Gasteiger partial charge < -0.3 is 10.4 Å². The van der Waals surface area contributed by atoms with Gasteiger partial charge in [0.1, 0.15) is 5.54 Å². The van der Waals surface area contributed by atoms with E-state index in [0.717, 1.165) is 4.47 Å². The molecule has 0 bridgehead atoms. The molecule has 1 amide bonds. The van der Waals surface area contributed by atoms with E-state index in [1.807, 2.05) is 0 Å². The molecule has 2 N–H and O–H groups in total. The molecule has 17 heavy (non-hydrogen) atoms. The minimum absolute atomic E-state index is 0.377. The van der Waals surface area contributed by atoms with Gasteiger partial charge in [0.2, 0.25) is 0 Å². The van der Waals surface area contributed by atoms with Crippen molar-refractivity contribution in [3.05, 3.63) is 32.7 Å². The number of aliphatic carboxylic acids is 1. The second-order valence-electron chi connectivity index (χ2n) is 3.97. The average Bonchev–Trinajstić information content (AvgIpc) is 3.02. The van der Waals surface area contributed by atoms with E-state index < -0.39 is 11.5 Å². The Labute approximate surface area is 115 Å². The molecule has 0 saturated heterocycles. The molecule has 2 rings (SSSR count). The third kappa shape index (κ3) is 2.52. The summed E-state index contributed by atoms with van der Waals surface area (Å²) in [5.41, 5.74) is -0.634. The predicted molar refractivity (Wildman–Crippen MR) is 68.9 cm³/mol. The van der Waals surface area contributed by atoms with E-state index in [9.17, 15) is 9.59 Å². The second kappa shape index (κ2) is 4.42. The summed E-state index contributed by atoms with van der Waals surface area (Å²) >= 11 is 6.54. The van der Waals surface area contributed by atoms with Gasteiger partial charge in [0.05, 0.1) is 5.56 Å². The van der Waals surface area contributed by atoms with Gasteiger partial charge in [-0.05, 0) is 47.0 Å². The topological polar surface area (TPSA) is 66.4 Å². The van der Waals surface area contributed by atoms with Crippen LogP contribution in [0.3, 0.4) is 0 Å². The molecule has 0 radical (unpaired) electrons. The van der Waals surface area contributed by atoms with Crippen molar-refractivity contribution < 1.29 is 14.7 Å². The molecular formula is C11H9Br2NO3. The van der Waals surface area contributed by atoms with Crippen LogP contribution in [0.1, 0.15) is 23.2 Å². The van der Waals surface area contributed by atoms with E-state index in [-0.39, 0.29) is 5.91 Å². The Morgan fingerprint density at radius 2 is 1.94 bits per heavy atom. The number of carbonyl (C=O) groups is 2. The van der Waals surface area contributed by atoms with Crippen molar-refractivity contribution >= 4 is 43.7 Å². The Morgan fingerprint density at radius 1 is 1.29 bits per heavy atom. The summed E-state index contributed by atoms with van der Waals surface area (Å²) in [5, 5.41) is 11.5. The van der Waals surface area contributed by atoms with E-state index in [4.69, 9.17) is 5.11 Å². The highest BCUT2D eigenvalue weighted by Crippen LogP contribution is 2.36. The molecule has 1 saturated carbocycles. The number of amides is 1. The summed E-state index contributed by atoms with van der Waals surface area (Å²) in [6.45, 7) is 0. The molecular weight excluding hydrogens is 354 g/mol. The predicted octanol–water partition coefficient (Wildman–Crippen LogP) is 2.56. The summed E-state index contributed by atoms with van der Waals surface area (Å²) < 4.78 is 1.41. The van der Waals surface area contributed by atoms with Crippen LogP contribution in [0, 0.1) is 0 Å². The van der Waals surface area contributed by atoms with E-state index in [1.165, 1.54) is 0 Å². The van der Waals surface area contributed by atoms with Crippen molar-refractivity contribution in [3.63, 3.8) is 0 Å². The SMILES string of the molecule is O=C(NC1(C(=O)O)CC1)c1cc(Br)ccc1Br. The lowest BCUT2D eigenvalue weighted by Crippen LogP contribution is -2.43. The zero-order chi connectivity index (χ0) is 12.6. The Balaban J connectivity index is 2.21. The normalized spacial score (nSPS) is 16.4. The number of halogens is 2. The van der Waals surface area contributed by atoms with Crippen molar-refractivity contribution in [2.24, 2.45) is 0 Å². The van der Waals surface area contributed by atoms with Gasteiger partial charge in [-0.15, -0.1) is 0 Å². The third-order valence-corrected chi connectivity index (χ3v) is 3.87. The molecule has 1 fully saturated rings. The van der Waals surface area contributed by atoms with Gasteiger partial charge in [0, 0.05) is 8.95 Å². The first-order valence-electron chi connectivity index (χ1n) is 4.95. The van der Waals surface area contributed by atoms with Crippen LogP contribution < -0.4 is 5.32 Å². The fraction of sp³-hybridized carbons (Fsp3) is 0.273. The van der Waals surface area contributed by atoms with Crippen LogP contribution in [0.25, 0.3) is 0 Å². The Morgan fingerprint density at radius 3 is 2.47 bits per heavy atom. The largest absolute Gasteiger partial charge is 0.480 e. The summed E-state index contributed by atoms with van der Waals surface area (Å²) in [6, 6.07) is 5.18. The number of rotatable bonds is 3. The maximum Gasteiger partial charge on any atom is 0.329 e. The zero-order valence-electron chi connectivity index (χ0n) is 8.67. The number of carboxylic acids is 1. The molecule has 1 aromatic rings. The highest BCUT2D eigenvalue weighted by atomic mass is 79.9. The van der Waals surface area contributed by atoms with Crippen LogP contribution in [-0.4, -0.2) is 22.5 Å². The van der Waals surface area contributed by atoms with Crippen LogP contribution in [-0.2, 0) is 4.79 Å². The van der Waals surface area contributed by atoms with Crippen LogP contribution >= 0.6 is 31.9 Å². The summed E-state index contributed by atoms with van der Waals surface area (Å²) in [7, 11) is 0. The number of hydrogen-bond donors (Lipinski definition) is 2. The Bertz CT molecular complexity index is 497. The molecule has 1 aliphatic rings. The molecule has 0 heterocycles. The lowest BCUT2D eigenvalue weighted by Gasteiger charge is -2.13. The number of hydrogen-bond acceptors (Lipinski definition) is 2. The molecule has 90 valence electrons. The van der Waals surface area contributed by atoms with E-state index >= 15 is 0 Å². The minimum atomic E-state index is -1.06. The van der Waals surface area contributed by atoms with Gasteiger partial charge in [-0.1, -0.05) is 15.9 Å². The van der Waals surface area contributed by atoms with Gasteiger partial charge in [-0.3, -0.25) is 4.79 Å². The molecule has 0 aliphatic heterocycles. The van der Waals surface area contributed by atoms with Crippen molar-refractivity contribution in [2.75, 3.05) is 0 Å². The number of carboxylic acid groups (broad SMARTS) is 1. The first kappa shape index (κ1) is 12.6. The Kier molecular flexibility index (Phi) is 3.27. The first-order chi connectivity index (χ1) is 7.94. The van der Waals surface area contributed by atoms with Crippen LogP contribution in [0.5, 0.6) is 0 Å². The van der Waals surface area contributed by atoms with Crippen LogP contribution in [0.4, 0.5) is 0 Å². The lowest BCUT2D eigenvalue weighted by molar-refractivity contribution is -0.140. The smallest absolute Gasteiger partial charge is 0.329 e. The zero-order valence-corrected chi connectivity index (χ0v) is 11.8. The molecule has 1 aliphatic carbocycles. The molecule has 6 heteroatoms. The van der Waals surface area contributed by atoms with E-state index in [1.54, 1.807) is 18.2 Å². The minimum Gasteiger partial charge on any atom is -0.480 e.